The van der Waals surface area contributed by atoms with E-state index in [1.807, 2.05) is 54.6 Å². The molecule has 0 saturated heterocycles. The van der Waals surface area contributed by atoms with Crippen LogP contribution in [-0.4, -0.2) is 11.3 Å². The van der Waals surface area contributed by atoms with Crippen LogP contribution in [0.3, 0.4) is 0 Å². The van der Waals surface area contributed by atoms with Crippen molar-refractivity contribution in [3.8, 4) is 28.7 Å². The minimum atomic E-state index is -0.886. The minimum absolute atomic E-state index is 0.0424. The Labute approximate surface area is 184 Å². The van der Waals surface area contributed by atoms with Crippen molar-refractivity contribution in [3.05, 3.63) is 103 Å². The molecule has 5 aromatic rings. The van der Waals surface area contributed by atoms with Gasteiger partial charge < -0.3 is 19.3 Å². The zero-order valence-corrected chi connectivity index (χ0v) is 16.9. The summed E-state index contributed by atoms with van der Waals surface area (Å²) in [4.78, 5) is 12.7. The van der Waals surface area contributed by atoms with E-state index in [9.17, 15) is 9.90 Å². The molecule has 5 aromatic carbocycles. The normalized spacial score (nSPS) is 10.8. The summed E-state index contributed by atoms with van der Waals surface area (Å²) in [5.74, 6) is 1.29. The van der Waals surface area contributed by atoms with E-state index in [0.717, 1.165) is 10.8 Å². The number of rotatable bonds is 4. The van der Waals surface area contributed by atoms with Crippen molar-refractivity contribution in [3.63, 3.8) is 0 Å². The molecule has 0 unspecified atom stereocenters. The maximum Gasteiger partial charge on any atom is 0.519 e. The fourth-order valence-corrected chi connectivity index (χ4v) is 3.57. The number of aromatic hydroxyl groups is 1. The van der Waals surface area contributed by atoms with Crippen LogP contribution in [0.2, 0.25) is 0 Å². The molecular weight excluding hydrogens is 404 g/mol. The molecule has 0 aromatic heterocycles. The quantitative estimate of drug-likeness (QED) is 0.248. The molecule has 5 nitrogen and oxygen atoms in total. The van der Waals surface area contributed by atoms with E-state index in [1.54, 1.807) is 42.5 Å². The Morgan fingerprint density at radius 3 is 2.03 bits per heavy atom. The molecule has 5 rings (SSSR count). The zero-order chi connectivity index (χ0) is 21.9. The van der Waals surface area contributed by atoms with Gasteiger partial charge in [0, 0.05) is 22.2 Å². The lowest BCUT2D eigenvalue weighted by Crippen LogP contribution is -2.14. The highest BCUT2D eigenvalue weighted by Crippen LogP contribution is 2.42. The number of hydrogen-bond donors (Lipinski definition) is 1. The molecule has 0 aliphatic heterocycles. The van der Waals surface area contributed by atoms with Crippen molar-refractivity contribution in [2.24, 2.45) is 0 Å². The largest absolute Gasteiger partial charge is 0.519 e. The van der Waals surface area contributed by atoms with Crippen molar-refractivity contribution in [2.45, 2.75) is 0 Å². The molecule has 0 saturated carbocycles. The third-order valence-corrected chi connectivity index (χ3v) is 5.05. The van der Waals surface area contributed by atoms with Crippen molar-refractivity contribution < 1.29 is 24.1 Å². The van der Waals surface area contributed by atoms with Crippen LogP contribution >= 0.6 is 0 Å². The highest BCUT2D eigenvalue weighted by atomic mass is 16.7. The summed E-state index contributed by atoms with van der Waals surface area (Å²) in [5, 5.41) is 13.5. The third kappa shape index (κ3) is 3.79. The predicted octanol–water partition coefficient (Wildman–Crippen LogP) is 7.07. The van der Waals surface area contributed by atoms with Gasteiger partial charge in [-0.05, 0) is 23.6 Å². The van der Waals surface area contributed by atoms with Gasteiger partial charge in [-0.2, -0.15) is 0 Å². The molecule has 32 heavy (non-hydrogen) atoms. The Hall–Kier alpha value is -4.51. The number of carbonyl (C=O) groups excluding carboxylic acids is 1. The molecular formula is C27H18O5. The average Bonchev–Trinajstić information content (AvgIpc) is 2.83. The number of carbonyl (C=O) groups is 1. The molecule has 0 spiro atoms. The molecule has 0 bridgehead atoms. The van der Waals surface area contributed by atoms with Crippen LogP contribution in [0.1, 0.15) is 0 Å². The van der Waals surface area contributed by atoms with E-state index in [1.165, 1.54) is 6.07 Å². The molecule has 0 aliphatic rings. The van der Waals surface area contributed by atoms with Gasteiger partial charge in [-0.3, -0.25) is 0 Å². The lowest BCUT2D eigenvalue weighted by Gasteiger charge is -2.14. The number of fused-ring (bicyclic) bond motifs is 2. The number of phenols is 1. The van der Waals surface area contributed by atoms with Gasteiger partial charge in [0.1, 0.15) is 17.2 Å². The third-order valence-electron chi connectivity index (χ3n) is 5.05. The number of para-hydroxylation sites is 1. The fraction of sp³-hybridized carbons (Fsp3) is 0. The van der Waals surface area contributed by atoms with E-state index in [4.69, 9.17) is 14.2 Å². The molecule has 0 aliphatic carbocycles. The molecule has 5 heteroatoms. The smallest absolute Gasteiger partial charge is 0.504 e. The molecule has 156 valence electrons. The van der Waals surface area contributed by atoms with E-state index >= 15 is 0 Å². The fourth-order valence-electron chi connectivity index (χ4n) is 3.57. The van der Waals surface area contributed by atoms with Gasteiger partial charge in [0.25, 0.3) is 0 Å². The van der Waals surface area contributed by atoms with Gasteiger partial charge >= 0.3 is 6.16 Å². The Kier molecular flexibility index (Phi) is 5.06. The molecule has 0 heterocycles. The van der Waals surface area contributed by atoms with Crippen molar-refractivity contribution >= 4 is 27.7 Å². The van der Waals surface area contributed by atoms with Gasteiger partial charge in [0.15, 0.2) is 11.5 Å². The second kappa shape index (κ2) is 8.32. The van der Waals surface area contributed by atoms with Crippen LogP contribution in [-0.2, 0) is 0 Å². The summed E-state index contributed by atoms with van der Waals surface area (Å²) >= 11 is 0. The number of benzene rings is 5. The summed E-state index contributed by atoms with van der Waals surface area (Å²) in [6.07, 6.45) is -0.886. The van der Waals surface area contributed by atoms with Gasteiger partial charge in [0.05, 0.1) is 0 Å². The van der Waals surface area contributed by atoms with Gasteiger partial charge in [0.2, 0.25) is 0 Å². The van der Waals surface area contributed by atoms with Gasteiger partial charge in [-0.15, -0.1) is 0 Å². The monoisotopic (exact) mass is 422 g/mol. The Morgan fingerprint density at radius 1 is 0.594 bits per heavy atom. The molecule has 1 N–H and O–H groups in total. The van der Waals surface area contributed by atoms with Crippen LogP contribution in [0.15, 0.2) is 103 Å². The first kappa shape index (κ1) is 19.5. The van der Waals surface area contributed by atoms with Crippen LogP contribution in [0.25, 0.3) is 21.5 Å². The first-order valence-corrected chi connectivity index (χ1v) is 10.0. The minimum Gasteiger partial charge on any atom is -0.504 e. The van der Waals surface area contributed by atoms with E-state index in [0.29, 0.717) is 22.3 Å². The van der Waals surface area contributed by atoms with E-state index in [-0.39, 0.29) is 17.2 Å². The number of hydrogen-bond acceptors (Lipinski definition) is 5. The lowest BCUT2D eigenvalue weighted by molar-refractivity contribution is 0.153. The van der Waals surface area contributed by atoms with Crippen molar-refractivity contribution in [2.75, 3.05) is 0 Å². The second-order valence-electron chi connectivity index (χ2n) is 7.11. The zero-order valence-electron chi connectivity index (χ0n) is 16.9. The van der Waals surface area contributed by atoms with Crippen molar-refractivity contribution in [1.82, 2.24) is 0 Å². The Morgan fingerprint density at radius 2 is 1.22 bits per heavy atom. The van der Waals surface area contributed by atoms with Crippen molar-refractivity contribution in [1.29, 1.82) is 0 Å². The van der Waals surface area contributed by atoms with Crippen LogP contribution < -0.4 is 14.2 Å². The first-order chi connectivity index (χ1) is 15.7. The average molecular weight is 422 g/mol. The first-order valence-electron chi connectivity index (χ1n) is 10.0. The number of phenolic OH excluding ortho intramolecular Hbond substituents is 1. The molecule has 0 atom stereocenters. The Balaban J connectivity index is 1.49. The highest BCUT2D eigenvalue weighted by Gasteiger charge is 2.18. The summed E-state index contributed by atoms with van der Waals surface area (Å²) in [6, 6.07) is 30.7. The van der Waals surface area contributed by atoms with E-state index < -0.39 is 6.16 Å². The summed E-state index contributed by atoms with van der Waals surface area (Å²) in [5.41, 5.74) is 0. The van der Waals surface area contributed by atoms with Crippen LogP contribution in [0.5, 0.6) is 28.7 Å². The van der Waals surface area contributed by atoms with Crippen LogP contribution in [0, 0.1) is 0 Å². The van der Waals surface area contributed by atoms with Gasteiger partial charge in [-0.25, -0.2) is 4.79 Å². The molecule has 0 radical (unpaired) electrons. The standard InChI is InChI=1S/C27H18O5/c28-26-22-15-7-6-14-21(22)24(17-25(26)30-19-11-2-1-3-12-19)32-27(29)31-23-16-8-10-18-9-4-5-13-20(18)23/h1-17,28H. The topological polar surface area (TPSA) is 65.0 Å². The van der Waals surface area contributed by atoms with Crippen LogP contribution in [0.4, 0.5) is 4.79 Å². The summed E-state index contributed by atoms with van der Waals surface area (Å²) in [6.45, 7) is 0. The maximum absolute atomic E-state index is 12.7. The summed E-state index contributed by atoms with van der Waals surface area (Å²) in [7, 11) is 0. The van der Waals surface area contributed by atoms with E-state index in [2.05, 4.69) is 0 Å². The lowest BCUT2D eigenvalue weighted by atomic mass is 10.1. The second-order valence-corrected chi connectivity index (χ2v) is 7.11. The molecule has 0 amide bonds. The maximum atomic E-state index is 12.7. The summed E-state index contributed by atoms with van der Waals surface area (Å²) < 4.78 is 16.9. The van der Waals surface area contributed by atoms with Gasteiger partial charge in [-0.1, -0.05) is 78.9 Å². The highest BCUT2D eigenvalue weighted by molar-refractivity contribution is 5.97. The Bertz CT molecular complexity index is 1420. The number of ether oxygens (including phenoxy) is 3. The predicted molar refractivity (Wildman–Crippen MR) is 123 cm³/mol. The SMILES string of the molecule is O=C(Oc1cccc2ccccc12)Oc1cc(Oc2ccccc2)c(O)c2ccccc12. The molecule has 0 fully saturated rings.